The number of ether oxygens (including phenoxy) is 2. The number of imide groups is 1. The van der Waals surface area contributed by atoms with Gasteiger partial charge < -0.3 is 13.7 Å². The molecule has 0 fully saturated rings. The number of carbonyl (C=O) groups is 3. The molecule has 3 aromatic carbocycles. The molecule has 11 heteroatoms. The smallest absolute Gasteiger partial charge is 0.356 e. The molecule has 0 saturated heterocycles. The Kier molecular flexibility index (Phi) is 6.99. The number of methoxy groups -OCH3 is 1. The maximum atomic E-state index is 13.0. The van der Waals surface area contributed by atoms with Crippen molar-refractivity contribution in [1.82, 2.24) is 9.88 Å². The molecule has 0 N–H and O–H groups in total. The van der Waals surface area contributed by atoms with E-state index in [1.807, 2.05) is 6.07 Å². The van der Waals surface area contributed by atoms with Gasteiger partial charge in [-0.25, -0.2) is 9.78 Å². The minimum absolute atomic E-state index is 0.00650. The van der Waals surface area contributed by atoms with E-state index in [2.05, 4.69) is 4.98 Å². The molecule has 1 aliphatic rings. The highest BCUT2D eigenvalue weighted by molar-refractivity contribution is 7.87. The van der Waals surface area contributed by atoms with E-state index in [1.54, 1.807) is 48.5 Å². The molecule has 0 atom stereocenters. The van der Waals surface area contributed by atoms with E-state index in [9.17, 15) is 22.8 Å². The summed E-state index contributed by atoms with van der Waals surface area (Å²) >= 11 is 0. The Bertz CT molecular complexity index is 1680. The third kappa shape index (κ3) is 5.30. The predicted molar refractivity (Wildman–Crippen MR) is 139 cm³/mol. The van der Waals surface area contributed by atoms with Crippen molar-refractivity contribution in [3.05, 3.63) is 95.6 Å². The van der Waals surface area contributed by atoms with Crippen molar-refractivity contribution < 1.29 is 36.5 Å². The summed E-state index contributed by atoms with van der Waals surface area (Å²) in [5, 5.41) is 0.467. The van der Waals surface area contributed by atoms with Gasteiger partial charge in [0.1, 0.15) is 11.5 Å². The Morgan fingerprint density at radius 1 is 0.872 bits per heavy atom. The van der Waals surface area contributed by atoms with Crippen LogP contribution < -0.4 is 8.92 Å². The average molecular weight is 547 g/mol. The molecule has 1 aromatic heterocycles. The second-order valence-corrected chi connectivity index (χ2v) is 10.1. The number of hydrogen-bond acceptors (Lipinski definition) is 9. The number of para-hydroxylation sites is 1. The lowest BCUT2D eigenvalue weighted by molar-refractivity contribution is 0.0596. The van der Waals surface area contributed by atoms with Gasteiger partial charge in [0.05, 0.1) is 35.9 Å². The lowest BCUT2D eigenvalue weighted by Crippen LogP contribution is -2.31. The van der Waals surface area contributed by atoms with E-state index in [0.29, 0.717) is 23.1 Å². The Hall–Kier alpha value is -4.77. The topological polar surface area (TPSA) is 129 Å². The van der Waals surface area contributed by atoms with Crippen molar-refractivity contribution in [3.8, 4) is 11.5 Å². The zero-order chi connectivity index (χ0) is 27.6. The lowest BCUT2D eigenvalue weighted by Gasteiger charge is -2.15. The summed E-state index contributed by atoms with van der Waals surface area (Å²) in [5.41, 5.74) is 1.20. The normalized spacial score (nSPS) is 12.9. The van der Waals surface area contributed by atoms with Gasteiger partial charge in [0.2, 0.25) is 0 Å². The summed E-state index contributed by atoms with van der Waals surface area (Å²) in [6.07, 6.45) is 0.295. The van der Waals surface area contributed by atoms with Crippen LogP contribution in [0.4, 0.5) is 0 Å². The maximum absolute atomic E-state index is 13.0. The minimum Gasteiger partial charge on any atom is -0.493 e. The number of fused-ring (bicyclic) bond motifs is 2. The first kappa shape index (κ1) is 25.9. The van der Waals surface area contributed by atoms with Gasteiger partial charge in [-0.2, -0.15) is 8.42 Å². The molecule has 1 aliphatic heterocycles. The first-order valence-electron chi connectivity index (χ1n) is 11.9. The SMILES string of the molecule is COC(=O)c1cc(OCCCN2C(=O)c3ccccc3C2=O)cc(OS(=O)(=O)c2ccc3ccccc3n2)c1. The first-order chi connectivity index (χ1) is 18.8. The summed E-state index contributed by atoms with van der Waals surface area (Å²) in [7, 11) is -3.16. The summed E-state index contributed by atoms with van der Waals surface area (Å²) in [4.78, 5) is 42.6. The highest BCUT2D eigenvalue weighted by Gasteiger charge is 2.34. The molecule has 198 valence electrons. The number of amides is 2. The number of nitrogens with zero attached hydrogens (tertiary/aromatic N) is 2. The summed E-state index contributed by atoms with van der Waals surface area (Å²) in [6, 6.07) is 20.5. The largest absolute Gasteiger partial charge is 0.493 e. The zero-order valence-electron chi connectivity index (χ0n) is 20.7. The Morgan fingerprint density at radius 2 is 1.54 bits per heavy atom. The first-order valence-corrected chi connectivity index (χ1v) is 13.3. The summed E-state index contributed by atoms with van der Waals surface area (Å²) in [5.74, 6) is -1.50. The number of benzene rings is 3. The number of pyridine rings is 1. The fourth-order valence-electron chi connectivity index (χ4n) is 4.15. The van der Waals surface area contributed by atoms with E-state index in [1.165, 1.54) is 31.4 Å². The second kappa shape index (κ2) is 10.5. The van der Waals surface area contributed by atoms with Crippen molar-refractivity contribution >= 4 is 38.8 Å². The Morgan fingerprint density at radius 3 is 2.26 bits per heavy atom. The quantitative estimate of drug-likeness (QED) is 0.133. The third-order valence-electron chi connectivity index (χ3n) is 6.01. The monoisotopic (exact) mass is 546 g/mol. The van der Waals surface area contributed by atoms with Gasteiger partial charge in [-0.15, -0.1) is 0 Å². The number of hydrogen-bond donors (Lipinski definition) is 0. The fourth-order valence-corrected chi connectivity index (χ4v) is 5.03. The molecule has 0 saturated carbocycles. The van der Waals surface area contributed by atoms with Crippen LogP contribution in [0.1, 0.15) is 37.5 Å². The van der Waals surface area contributed by atoms with Crippen LogP contribution in [0.15, 0.2) is 83.9 Å². The van der Waals surface area contributed by atoms with Gasteiger partial charge in [0, 0.05) is 18.0 Å². The minimum atomic E-state index is -4.35. The molecule has 2 amide bonds. The van der Waals surface area contributed by atoms with Crippen molar-refractivity contribution in [2.24, 2.45) is 0 Å². The molecule has 0 bridgehead atoms. The highest BCUT2D eigenvalue weighted by Crippen LogP contribution is 2.27. The number of carbonyl (C=O) groups excluding carboxylic acids is 3. The number of aromatic nitrogens is 1. The van der Waals surface area contributed by atoms with Crippen LogP contribution in [0.25, 0.3) is 10.9 Å². The van der Waals surface area contributed by atoms with Crippen molar-refractivity contribution in [2.75, 3.05) is 20.3 Å². The molecule has 0 unspecified atom stereocenters. The number of rotatable bonds is 9. The average Bonchev–Trinajstić information content (AvgIpc) is 3.19. The van der Waals surface area contributed by atoms with Gasteiger partial charge in [-0.3, -0.25) is 14.5 Å². The standard InChI is InChI=1S/C28H22N2O8S/c1-36-28(33)19-15-20(37-14-6-13-30-26(31)22-8-3-4-9-23(22)27(30)32)17-21(16-19)38-39(34,35)25-12-11-18-7-2-5-10-24(18)29-25/h2-5,7-12,15-17H,6,13-14H2,1H3. The summed E-state index contributed by atoms with van der Waals surface area (Å²) < 4.78 is 41.7. The van der Waals surface area contributed by atoms with Crippen LogP contribution >= 0.6 is 0 Å². The van der Waals surface area contributed by atoms with Gasteiger partial charge in [-0.05, 0) is 48.9 Å². The molecule has 0 aliphatic carbocycles. The molecule has 10 nitrogen and oxygen atoms in total. The van der Waals surface area contributed by atoms with E-state index < -0.39 is 16.1 Å². The molecular formula is C28H22N2O8S. The molecule has 0 spiro atoms. The second-order valence-electron chi connectivity index (χ2n) is 8.57. The van der Waals surface area contributed by atoms with Crippen LogP contribution in [0.3, 0.4) is 0 Å². The lowest BCUT2D eigenvalue weighted by atomic mass is 10.1. The number of esters is 1. The van der Waals surface area contributed by atoms with Crippen molar-refractivity contribution in [1.29, 1.82) is 0 Å². The van der Waals surface area contributed by atoms with Crippen molar-refractivity contribution in [2.45, 2.75) is 11.4 Å². The van der Waals surface area contributed by atoms with Crippen LogP contribution in [0, 0.1) is 0 Å². The van der Waals surface area contributed by atoms with Crippen molar-refractivity contribution in [3.63, 3.8) is 0 Å². The van der Waals surface area contributed by atoms with Crippen LogP contribution in [0.2, 0.25) is 0 Å². The van der Waals surface area contributed by atoms with E-state index >= 15 is 0 Å². The highest BCUT2D eigenvalue weighted by atomic mass is 32.2. The molecule has 2 heterocycles. The van der Waals surface area contributed by atoms with Gasteiger partial charge >= 0.3 is 16.1 Å². The van der Waals surface area contributed by atoms with E-state index in [-0.39, 0.29) is 47.1 Å². The molecule has 5 rings (SSSR count). The zero-order valence-corrected chi connectivity index (χ0v) is 21.5. The van der Waals surface area contributed by atoms with Gasteiger partial charge in [-0.1, -0.05) is 30.3 Å². The van der Waals surface area contributed by atoms with Crippen LogP contribution in [0.5, 0.6) is 11.5 Å². The molecule has 4 aromatic rings. The summed E-state index contributed by atoms with van der Waals surface area (Å²) in [6.45, 7) is 0.185. The van der Waals surface area contributed by atoms with E-state index in [4.69, 9.17) is 13.7 Å². The van der Waals surface area contributed by atoms with Crippen LogP contribution in [-0.2, 0) is 14.9 Å². The predicted octanol–water partition coefficient (Wildman–Crippen LogP) is 3.85. The molecular weight excluding hydrogens is 524 g/mol. The Labute approximate surface area is 223 Å². The molecule has 39 heavy (non-hydrogen) atoms. The Balaban J connectivity index is 1.29. The third-order valence-corrected chi connectivity index (χ3v) is 7.16. The van der Waals surface area contributed by atoms with Crippen LogP contribution in [-0.4, -0.2) is 56.3 Å². The maximum Gasteiger partial charge on any atom is 0.356 e. The molecule has 0 radical (unpaired) electrons. The fraction of sp³-hybridized carbons (Fsp3) is 0.143. The van der Waals surface area contributed by atoms with Gasteiger partial charge in [0.15, 0.2) is 5.03 Å². The van der Waals surface area contributed by atoms with E-state index in [0.717, 1.165) is 10.3 Å². The van der Waals surface area contributed by atoms with Gasteiger partial charge in [0.25, 0.3) is 11.8 Å².